The molecule has 0 unspecified atom stereocenters. The normalized spacial score (nSPS) is 10.8. The van der Waals surface area contributed by atoms with Gasteiger partial charge in [0.2, 0.25) is 5.82 Å². The summed E-state index contributed by atoms with van der Waals surface area (Å²) in [6, 6.07) is 0. The molecule has 5 heteroatoms. The molecule has 0 saturated heterocycles. The topological polar surface area (TPSA) is 54.6 Å². The monoisotopic (exact) mass is 182 g/mol. The second-order valence-electron chi connectivity index (χ2n) is 2.40. The second kappa shape index (κ2) is 2.31. The highest BCUT2D eigenvalue weighted by molar-refractivity contribution is 7.15. The molecule has 0 saturated carbocycles. The predicted molar refractivity (Wildman–Crippen MR) is 44.8 cm³/mol. The SMILES string of the molecule is Cc1nc(C(=O)O)n2ccsc12. The lowest BCUT2D eigenvalue weighted by Gasteiger charge is -1.86. The molecule has 0 spiro atoms. The number of aromatic carboxylic acids is 1. The van der Waals surface area contributed by atoms with Crippen LogP contribution in [0.15, 0.2) is 11.6 Å². The number of nitrogens with zero attached hydrogens (tertiary/aromatic N) is 2. The lowest BCUT2D eigenvalue weighted by Crippen LogP contribution is -2.01. The minimum Gasteiger partial charge on any atom is -0.475 e. The Labute approximate surface area is 72.1 Å². The van der Waals surface area contributed by atoms with Crippen molar-refractivity contribution in [1.29, 1.82) is 0 Å². The summed E-state index contributed by atoms with van der Waals surface area (Å²) in [5.41, 5.74) is 0.766. The smallest absolute Gasteiger partial charge is 0.372 e. The molecule has 2 rings (SSSR count). The Balaban J connectivity index is 2.83. The van der Waals surface area contributed by atoms with E-state index in [1.807, 2.05) is 5.38 Å². The van der Waals surface area contributed by atoms with Crippen LogP contribution in [0.2, 0.25) is 0 Å². The third-order valence-corrected chi connectivity index (χ3v) is 2.58. The van der Waals surface area contributed by atoms with Crippen LogP contribution in [0.3, 0.4) is 0 Å². The minimum atomic E-state index is -0.989. The van der Waals surface area contributed by atoms with Crippen molar-refractivity contribution in [2.45, 2.75) is 6.92 Å². The van der Waals surface area contributed by atoms with Crippen molar-refractivity contribution in [2.24, 2.45) is 0 Å². The first-order valence-corrected chi connectivity index (χ1v) is 4.23. The first-order valence-electron chi connectivity index (χ1n) is 3.35. The van der Waals surface area contributed by atoms with Crippen LogP contribution < -0.4 is 0 Å². The Morgan fingerprint density at radius 3 is 3.17 bits per heavy atom. The average Bonchev–Trinajstić information content (AvgIpc) is 2.53. The van der Waals surface area contributed by atoms with Gasteiger partial charge in [-0.1, -0.05) is 0 Å². The number of carbonyl (C=O) groups is 1. The van der Waals surface area contributed by atoms with E-state index in [1.165, 1.54) is 11.3 Å². The van der Waals surface area contributed by atoms with Crippen molar-refractivity contribution in [3.8, 4) is 0 Å². The average molecular weight is 182 g/mol. The van der Waals surface area contributed by atoms with Gasteiger partial charge >= 0.3 is 5.97 Å². The maximum absolute atomic E-state index is 10.6. The summed E-state index contributed by atoms with van der Waals surface area (Å²) in [6.07, 6.45) is 1.71. The summed E-state index contributed by atoms with van der Waals surface area (Å²) < 4.78 is 1.59. The third kappa shape index (κ3) is 0.831. The number of carboxylic acid groups (broad SMARTS) is 1. The molecule has 2 aromatic rings. The van der Waals surface area contributed by atoms with Crippen molar-refractivity contribution in [3.63, 3.8) is 0 Å². The van der Waals surface area contributed by atoms with E-state index in [1.54, 1.807) is 17.5 Å². The molecule has 0 aromatic carbocycles. The van der Waals surface area contributed by atoms with Crippen LogP contribution in [0.4, 0.5) is 0 Å². The van der Waals surface area contributed by atoms with Crippen LogP contribution in [0.25, 0.3) is 4.83 Å². The van der Waals surface area contributed by atoms with Crippen LogP contribution in [0.1, 0.15) is 16.3 Å². The Morgan fingerprint density at radius 1 is 1.75 bits per heavy atom. The number of aromatic nitrogens is 2. The molecule has 0 aliphatic carbocycles. The van der Waals surface area contributed by atoms with E-state index in [0.29, 0.717) is 0 Å². The quantitative estimate of drug-likeness (QED) is 0.725. The summed E-state index contributed by atoms with van der Waals surface area (Å²) in [5.74, 6) is -0.903. The van der Waals surface area contributed by atoms with Crippen LogP contribution in [0.5, 0.6) is 0 Å². The number of rotatable bonds is 1. The van der Waals surface area contributed by atoms with Crippen LogP contribution in [-0.2, 0) is 0 Å². The molecular weight excluding hydrogens is 176 g/mol. The number of thiazole rings is 1. The summed E-state index contributed by atoms with van der Waals surface area (Å²) in [7, 11) is 0. The lowest BCUT2D eigenvalue weighted by molar-refractivity contribution is 0.0683. The van der Waals surface area contributed by atoms with Gasteiger partial charge < -0.3 is 5.11 Å². The number of fused-ring (bicyclic) bond motifs is 1. The summed E-state index contributed by atoms with van der Waals surface area (Å²) in [6.45, 7) is 1.80. The van der Waals surface area contributed by atoms with Crippen LogP contribution >= 0.6 is 11.3 Å². The van der Waals surface area contributed by atoms with E-state index >= 15 is 0 Å². The standard InChI is InChI=1S/C7H6N2O2S/c1-4-6-9(2-3-12-6)5(8-4)7(10)11/h2-3H,1H3,(H,10,11). The van der Waals surface area contributed by atoms with E-state index < -0.39 is 5.97 Å². The first-order chi connectivity index (χ1) is 5.70. The van der Waals surface area contributed by atoms with Crippen LogP contribution in [-0.4, -0.2) is 20.5 Å². The van der Waals surface area contributed by atoms with Gasteiger partial charge in [0.1, 0.15) is 4.83 Å². The fraction of sp³-hybridized carbons (Fsp3) is 0.143. The predicted octanol–water partition coefficient (Wildman–Crippen LogP) is 1.40. The number of carboxylic acids is 1. The molecule has 0 bridgehead atoms. The highest BCUT2D eigenvalue weighted by Crippen LogP contribution is 2.17. The molecule has 4 nitrogen and oxygen atoms in total. The number of hydrogen-bond acceptors (Lipinski definition) is 3. The molecule has 0 amide bonds. The zero-order valence-electron chi connectivity index (χ0n) is 6.31. The Bertz CT molecular complexity index is 443. The van der Waals surface area contributed by atoms with E-state index in [-0.39, 0.29) is 5.82 Å². The number of imidazole rings is 1. The third-order valence-electron chi connectivity index (χ3n) is 1.61. The fourth-order valence-corrected chi connectivity index (χ4v) is 1.91. The minimum absolute atomic E-state index is 0.0868. The van der Waals surface area contributed by atoms with Crippen molar-refractivity contribution >= 4 is 22.1 Å². The molecule has 0 aliphatic rings. The molecule has 0 aliphatic heterocycles. The zero-order valence-corrected chi connectivity index (χ0v) is 7.13. The Morgan fingerprint density at radius 2 is 2.50 bits per heavy atom. The molecular formula is C7H6N2O2S. The molecule has 0 radical (unpaired) electrons. The molecule has 12 heavy (non-hydrogen) atoms. The Kier molecular flexibility index (Phi) is 1.41. The number of hydrogen-bond donors (Lipinski definition) is 1. The first kappa shape index (κ1) is 7.30. The van der Waals surface area contributed by atoms with E-state index in [0.717, 1.165) is 10.5 Å². The lowest BCUT2D eigenvalue weighted by atomic mass is 10.6. The number of aryl methyl sites for hydroxylation is 1. The largest absolute Gasteiger partial charge is 0.475 e. The molecule has 62 valence electrons. The van der Waals surface area contributed by atoms with Gasteiger partial charge in [0, 0.05) is 11.6 Å². The highest BCUT2D eigenvalue weighted by atomic mass is 32.1. The van der Waals surface area contributed by atoms with E-state index in [9.17, 15) is 4.79 Å². The summed E-state index contributed by atoms with van der Waals surface area (Å²) >= 11 is 1.49. The van der Waals surface area contributed by atoms with Gasteiger partial charge in [-0.25, -0.2) is 9.78 Å². The van der Waals surface area contributed by atoms with Crippen molar-refractivity contribution in [2.75, 3.05) is 0 Å². The zero-order chi connectivity index (χ0) is 8.72. The van der Waals surface area contributed by atoms with Gasteiger partial charge in [0.05, 0.1) is 5.69 Å². The van der Waals surface area contributed by atoms with Gasteiger partial charge in [0.25, 0.3) is 0 Å². The summed E-state index contributed by atoms with van der Waals surface area (Å²) in [4.78, 5) is 15.5. The van der Waals surface area contributed by atoms with Gasteiger partial charge in [-0.3, -0.25) is 4.40 Å². The molecule has 2 heterocycles. The van der Waals surface area contributed by atoms with Crippen molar-refractivity contribution in [1.82, 2.24) is 9.38 Å². The van der Waals surface area contributed by atoms with Crippen LogP contribution in [0, 0.1) is 6.92 Å². The van der Waals surface area contributed by atoms with Crippen molar-refractivity contribution < 1.29 is 9.90 Å². The van der Waals surface area contributed by atoms with Gasteiger partial charge in [0.15, 0.2) is 0 Å². The summed E-state index contributed by atoms with van der Waals surface area (Å²) in [5, 5.41) is 10.6. The maximum Gasteiger partial charge on any atom is 0.372 e. The Hall–Kier alpha value is -1.36. The van der Waals surface area contributed by atoms with Crippen molar-refractivity contribution in [3.05, 3.63) is 23.1 Å². The van der Waals surface area contributed by atoms with Gasteiger partial charge in [-0.2, -0.15) is 0 Å². The van der Waals surface area contributed by atoms with E-state index in [2.05, 4.69) is 4.98 Å². The molecule has 2 aromatic heterocycles. The van der Waals surface area contributed by atoms with Gasteiger partial charge in [-0.05, 0) is 6.92 Å². The molecule has 0 atom stereocenters. The molecule has 1 N–H and O–H groups in total. The molecule has 0 fully saturated rings. The van der Waals surface area contributed by atoms with E-state index in [4.69, 9.17) is 5.11 Å². The van der Waals surface area contributed by atoms with Gasteiger partial charge in [-0.15, -0.1) is 11.3 Å². The maximum atomic E-state index is 10.6. The highest BCUT2D eigenvalue weighted by Gasteiger charge is 2.14. The second-order valence-corrected chi connectivity index (χ2v) is 3.30. The fourth-order valence-electron chi connectivity index (χ4n) is 1.12.